The van der Waals surface area contributed by atoms with Gasteiger partial charge in [0.1, 0.15) is 40.8 Å². The maximum atomic E-state index is 13.3. The predicted octanol–water partition coefficient (Wildman–Crippen LogP) is 0.792. The summed E-state index contributed by atoms with van der Waals surface area (Å²) in [6, 6.07) is 6.11. The zero-order valence-electron chi connectivity index (χ0n) is 17.5. The Hall–Kier alpha value is -3.51. The first-order valence-corrected chi connectivity index (χ1v) is 9.88. The highest BCUT2D eigenvalue weighted by Gasteiger charge is 2.47. The molecule has 0 amide bonds. The number of aliphatic hydroxyl groups excluding tert-OH is 3. The molecule has 2 aromatic carbocycles. The minimum Gasteiger partial charge on any atom is -0.508 e. The maximum absolute atomic E-state index is 13.3. The fourth-order valence-corrected chi connectivity index (χ4v) is 3.67. The highest BCUT2D eigenvalue weighted by molar-refractivity contribution is 5.88. The van der Waals surface area contributed by atoms with Crippen molar-refractivity contribution < 1.29 is 49.3 Å². The molecule has 11 nitrogen and oxygen atoms in total. The highest BCUT2D eigenvalue weighted by atomic mass is 16.7. The Morgan fingerprint density at radius 2 is 1.76 bits per heavy atom. The second kappa shape index (κ2) is 8.45. The maximum Gasteiger partial charge on any atom is 0.239 e. The number of hydrogen-bond donors (Lipinski definition) is 6. The largest absolute Gasteiger partial charge is 0.508 e. The molecule has 1 unspecified atom stereocenters. The SMILES string of the molecule is COc1cc(-c2oc3cc(O)cc(O)c3c(=O)c2O[C@@H]2O[C@@H](C(C)O)[C@@H](O)[C@H]2O)ccc1O. The summed E-state index contributed by atoms with van der Waals surface area (Å²) >= 11 is 0. The van der Waals surface area contributed by atoms with Crippen LogP contribution in [-0.2, 0) is 4.74 Å². The van der Waals surface area contributed by atoms with Crippen LogP contribution < -0.4 is 14.9 Å². The molecule has 3 aromatic rings. The fourth-order valence-electron chi connectivity index (χ4n) is 3.67. The van der Waals surface area contributed by atoms with Crippen molar-refractivity contribution in [3.05, 3.63) is 40.6 Å². The Morgan fingerprint density at radius 1 is 1.03 bits per heavy atom. The first kappa shape index (κ1) is 22.7. The summed E-state index contributed by atoms with van der Waals surface area (Å²) < 4.78 is 21.9. The second-order valence-corrected chi connectivity index (χ2v) is 7.62. The lowest BCUT2D eigenvalue weighted by molar-refractivity contribution is -0.129. The lowest BCUT2D eigenvalue weighted by Crippen LogP contribution is -2.38. The van der Waals surface area contributed by atoms with Gasteiger partial charge in [-0.05, 0) is 25.1 Å². The van der Waals surface area contributed by atoms with Crippen molar-refractivity contribution in [3.63, 3.8) is 0 Å². The van der Waals surface area contributed by atoms with E-state index in [1.54, 1.807) is 0 Å². The van der Waals surface area contributed by atoms with E-state index in [1.807, 2.05) is 0 Å². The van der Waals surface area contributed by atoms with Gasteiger partial charge in [0.15, 0.2) is 17.3 Å². The van der Waals surface area contributed by atoms with Crippen LogP contribution in [0.5, 0.6) is 28.7 Å². The quantitative estimate of drug-likeness (QED) is 0.316. The third kappa shape index (κ3) is 3.91. The van der Waals surface area contributed by atoms with E-state index in [0.29, 0.717) is 0 Å². The molecule has 176 valence electrons. The van der Waals surface area contributed by atoms with E-state index in [2.05, 4.69) is 0 Å². The number of rotatable bonds is 5. The predicted molar refractivity (Wildman–Crippen MR) is 112 cm³/mol. The lowest BCUT2D eigenvalue weighted by Gasteiger charge is -2.19. The van der Waals surface area contributed by atoms with Gasteiger partial charge < -0.3 is 49.3 Å². The Bertz CT molecular complexity index is 1250. The van der Waals surface area contributed by atoms with Crippen molar-refractivity contribution in [1.82, 2.24) is 0 Å². The molecule has 2 heterocycles. The van der Waals surface area contributed by atoms with Crippen LogP contribution in [-0.4, -0.2) is 68.5 Å². The van der Waals surface area contributed by atoms with Crippen LogP contribution in [0.4, 0.5) is 0 Å². The first-order valence-electron chi connectivity index (χ1n) is 9.88. The van der Waals surface area contributed by atoms with Crippen molar-refractivity contribution in [3.8, 4) is 40.1 Å². The van der Waals surface area contributed by atoms with Gasteiger partial charge >= 0.3 is 0 Å². The average molecular weight is 462 g/mol. The summed E-state index contributed by atoms with van der Waals surface area (Å²) in [7, 11) is 1.32. The van der Waals surface area contributed by atoms with Crippen molar-refractivity contribution >= 4 is 11.0 Å². The number of fused-ring (bicyclic) bond motifs is 1. The van der Waals surface area contributed by atoms with E-state index in [1.165, 1.54) is 32.2 Å². The topological polar surface area (TPSA) is 179 Å². The Morgan fingerprint density at radius 3 is 2.39 bits per heavy atom. The summed E-state index contributed by atoms with van der Waals surface area (Å²) in [6.45, 7) is 1.35. The van der Waals surface area contributed by atoms with Gasteiger partial charge in [0.2, 0.25) is 17.5 Å². The number of ether oxygens (including phenoxy) is 3. The number of phenolic OH excluding ortho intramolecular Hbond substituents is 3. The Kier molecular flexibility index (Phi) is 5.80. The molecular formula is C22H22O11. The third-order valence-electron chi connectivity index (χ3n) is 5.33. The zero-order valence-corrected chi connectivity index (χ0v) is 17.5. The molecule has 0 saturated carbocycles. The fraction of sp³-hybridized carbons (Fsp3) is 0.318. The van der Waals surface area contributed by atoms with Crippen molar-refractivity contribution in [1.29, 1.82) is 0 Å². The van der Waals surface area contributed by atoms with Gasteiger partial charge in [-0.25, -0.2) is 0 Å². The van der Waals surface area contributed by atoms with E-state index in [9.17, 15) is 35.4 Å². The number of hydrogen-bond acceptors (Lipinski definition) is 11. The molecule has 33 heavy (non-hydrogen) atoms. The summed E-state index contributed by atoms with van der Waals surface area (Å²) in [5, 5.41) is 59.9. The molecule has 6 N–H and O–H groups in total. The van der Waals surface area contributed by atoms with E-state index in [0.717, 1.165) is 12.1 Å². The highest BCUT2D eigenvalue weighted by Crippen LogP contribution is 2.39. The summed E-state index contributed by atoms with van der Waals surface area (Å²) in [5.41, 5.74) is -0.815. The van der Waals surface area contributed by atoms with Gasteiger partial charge in [0.25, 0.3) is 0 Å². The summed E-state index contributed by atoms with van der Waals surface area (Å²) in [5.74, 6) is -1.74. The Labute approximate surface area is 186 Å². The molecule has 1 aromatic heterocycles. The van der Waals surface area contributed by atoms with Gasteiger partial charge in [0, 0.05) is 17.7 Å². The van der Waals surface area contributed by atoms with Gasteiger partial charge in [-0.3, -0.25) is 4.79 Å². The number of benzene rings is 2. The number of methoxy groups -OCH3 is 1. The normalized spacial score (nSPS) is 23.5. The van der Waals surface area contributed by atoms with Gasteiger partial charge in [-0.1, -0.05) is 0 Å². The molecule has 0 aliphatic carbocycles. The Balaban J connectivity index is 1.91. The molecular weight excluding hydrogens is 440 g/mol. The minimum absolute atomic E-state index is 0.0571. The monoisotopic (exact) mass is 462 g/mol. The minimum atomic E-state index is -1.62. The van der Waals surface area contributed by atoms with E-state index >= 15 is 0 Å². The molecule has 0 radical (unpaired) electrons. The van der Waals surface area contributed by atoms with Gasteiger partial charge in [-0.15, -0.1) is 0 Å². The van der Waals surface area contributed by atoms with Crippen LogP contribution in [0.25, 0.3) is 22.3 Å². The van der Waals surface area contributed by atoms with Gasteiger partial charge in [0.05, 0.1) is 13.2 Å². The first-order chi connectivity index (χ1) is 15.6. The van der Waals surface area contributed by atoms with Crippen LogP contribution in [0.2, 0.25) is 0 Å². The number of aromatic hydroxyl groups is 3. The van der Waals surface area contributed by atoms with Crippen LogP contribution >= 0.6 is 0 Å². The molecule has 1 aliphatic rings. The molecule has 0 bridgehead atoms. The average Bonchev–Trinajstić information content (AvgIpc) is 3.04. The van der Waals surface area contributed by atoms with E-state index in [4.69, 9.17) is 18.6 Å². The number of phenols is 3. The molecule has 5 atom stereocenters. The summed E-state index contributed by atoms with van der Waals surface area (Å²) in [6.07, 6.45) is -7.00. The summed E-state index contributed by atoms with van der Waals surface area (Å²) in [4.78, 5) is 13.3. The van der Waals surface area contributed by atoms with Gasteiger partial charge in [-0.2, -0.15) is 0 Å². The third-order valence-corrected chi connectivity index (χ3v) is 5.33. The molecule has 1 aliphatic heterocycles. The molecule has 0 spiro atoms. The zero-order chi connectivity index (χ0) is 24.0. The van der Waals surface area contributed by atoms with Crippen molar-refractivity contribution in [2.24, 2.45) is 0 Å². The molecule has 1 fully saturated rings. The van der Waals surface area contributed by atoms with Crippen molar-refractivity contribution in [2.45, 2.75) is 37.6 Å². The smallest absolute Gasteiger partial charge is 0.239 e. The van der Waals surface area contributed by atoms with Crippen molar-refractivity contribution in [2.75, 3.05) is 7.11 Å². The van der Waals surface area contributed by atoms with E-state index in [-0.39, 0.29) is 39.5 Å². The molecule has 1 saturated heterocycles. The standard InChI is InChI=1S/C22H22O11/c1-8(23)19-17(28)18(29)22(32-19)33-21-16(27)15-12(26)6-10(24)7-14(15)31-20(21)9-3-4-11(25)13(5-9)30-2/h3-8,17-19,22-26,28-29H,1-2H3/t8?,17-,18+,19-,22-/m0/s1. The van der Waals surface area contributed by atoms with Crippen LogP contribution in [0, 0.1) is 0 Å². The van der Waals surface area contributed by atoms with Crippen LogP contribution in [0.15, 0.2) is 39.5 Å². The van der Waals surface area contributed by atoms with Crippen LogP contribution in [0.3, 0.4) is 0 Å². The lowest BCUT2D eigenvalue weighted by atomic mass is 10.1. The van der Waals surface area contributed by atoms with E-state index < -0.39 is 47.6 Å². The number of aliphatic hydroxyl groups is 3. The molecule has 11 heteroatoms. The van der Waals surface area contributed by atoms with Crippen LogP contribution in [0.1, 0.15) is 6.92 Å². The molecule has 4 rings (SSSR count). The second-order valence-electron chi connectivity index (χ2n) is 7.62.